The van der Waals surface area contributed by atoms with Crippen LogP contribution in [0, 0.1) is 11.7 Å². The molecule has 102 valence electrons. The van der Waals surface area contributed by atoms with E-state index in [4.69, 9.17) is 5.73 Å². The number of nitrogens with one attached hydrogen (secondary N) is 1. The number of hydrogen-bond donors (Lipinski definition) is 2. The maximum absolute atomic E-state index is 13.7. The minimum absolute atomic E-state index is 0.0575. The summed E-state index contributed by atoms with van der Waals surface area (Å²) in [6, 6.07) is 3.13. The molecule has 3 N–H and O–H groups in total. The smallest absolute Gasteiger partial charge is 0.228 e. The molecule has 0 radical (unpaired) electrons. The van der Waals surface area contributed by atoms with E-state index in [2.05, 4.69) is 10.2 Å². The van der Waals surface area contributed by atoms with E-state index in [-0.39, 0.29) is 24.2 Å². The lowest BCUT2D eigenvalue weighted by molar-refractivity contribution is -0.115. The van der Waals surface area contributed by atoms with Gasteiger partial charge in [0.1, 0.15) is 5.82 Å². The molecule has 2 unspecified atom stereocenters. The largest absolute Gasteiger partial charge is 0.330 e. The lowest BCUT2D eigenvalue weighted by Crippen LogP contribution is -2.21. The van der Waals surface area contributed by atoms with E-state index in [1.165, 1.54) is 6.07 Å². The van der Waals surface area contributed by atoms with Crippen molar-refractivity contribution in [2.24, 2.45) is 11.7 Å². The summed E-state index contributed by atoms with van der Waals surface area (Å²) in [5.74, 6) is 0.110. The normalized spacial score (nSPS) is 26.6. The minimum Gasteiger partial charge on any atom is -0.330 e. The first kappa shape index (κ1) is 12.6. The fraction of sp³-hybridized carbons (Fsp3) is 0.500. The van der Waals surface area contributed by atoms with Crippen LogP contribution in [0.3, 0.4) is 0 Å². The van der Waals surface area contributed by atoms with Gasteiger partial charge in [0, 0.05) is 18.3 Å². The number of halogens is 1. The molecule has 5 heteroatoms. The van der Waals surface area contributed by atoms with Crippen molar-refractivity contribution in [3.8, 4) is 0 Å². The third-order valence-electron chi connectivity index (χ3n) is 4.16. The lowest BCUT2D eigenvalue weighted by atomic mass is 9.96. The van der Waals surface area contributed by atoms with Gasteiger partial charge in [0.15, 0.2) is 0 Å². The number of carbonyl (C=O) groups is 1. The molecule has 2 heterocycles. The van der Waals surface area contributed by atoms with Gasteiger partial charge in [-0.3, -0.25) is 9.69 Å². The van der Waals surface area contributed by atoms with Crippen molar-refractivity contribution < 1.29 is 9.18 Å². The van der Waals surface area contributed by atoms with E-state index in [1.54, 1.807) is 6.07 Å². The molecule has 2 aliphatic heterocycles. The highest BCUT2D eigenvalue weighted by Crippen LogP contribution is 2.40. The van der Waals surface area contributed by atoms with Crippen LogP contribution in [0.5, 0.6) is 0 Å². The number of carbonyl (C=O) groups excluding carboxylic acids is 1. The zero-order valence-corrected chi connectivity index (χ0v) is 10.9. The van der Waals surface area contributed by atoms with Crippen LogP contribution < -0.4 is 11.1 Å². The van der Waals surface area contributed by atoms with Gasteiger partial charge in [0.2, 0.25) is 5.91 Å². The van der Waals surface area contributed by atoms with E-state index >= 15 is 0 Å². The number of benzene rings is 1. The summed E-state index contributed by atoms with van der Waals surface area (Å²) in [5, 5.41) is 2.86. The number of hydrogen-bond acceptors (Lipinski definition) is 3. The summed E-state index contributed by atoms with van der Waals surface area (Å²) in [6.45, 7) is 1.56. The molecule has 2 aliphatic rings. The summed E-state index contributed by atoms with van der Waals surface area (Å²) >= 11 is 0. The molecule has 1 fully saturated rings. The molecule has 1 aromatic rings. The predicted molar refractivity (Wildman–Crippen MR) is 71.3 cm³/mol. The summed E-state index contributed by atoms with van der Waals surface area (Å²) in [7, 11) is 2.02. The fourth-order valence-electron chi connectivity index (χ4n) is 3.24. The standard InChI is InChI=1S/C14H18FN3O/c1-18-7-8(6-16)2-12(18)11-5-10(15)3-9-4-13(19)17-14(9)11/h3,5,8,12H,2,4,6-7,16H2,1H3,(H,17,19). The molecule has 1 aromatic carbocycles. The van der Waals surface area contributed by atoms with Crippen LogP contribution in [0.15, 0.2) is 12.1 Å². The zero-order chi connectivity index (χ0) is 13.6. The highest BCUT2D eigenvalue weighted by Gasteiger charge is 2.34. The van der Waals surface area contributed by atoms with Gasteiger partial charge in [-0.25, -0.2) is 4.39 Å². The van der Waals surface area contributed by atoms with Crippen molar-refractivity contribution in [2.75, 3.05) is 25.5 Å². The molecule has 3 rings (SSSR count). The lowest BCUT2D eigenvalue weighted by Gasteiger charge is -2.22. The van der Waals surface area contributed by atoms with Crippen LogP contribution in [0.4, 0.5) is 10.1 Å². The molecule has 4 nitrogen and oxygen atoms in total. The van der Waals surface area contributed by atoms with Crippen molar-refractivity contribution in [1.82, 2.24) is 4.90 Å². The van der Waals surface area contributed by atoms with Crippen LogP contribution in [-0.4, -0.2) is 30.9 Å². The first-order valence-electron chi connectivity index (χ1n) is 6.61. The Morgan fingerprint density at radius 1 is 1.53 bits per heavy atom. The fourth-order valence-corrected chi connectivity index (χ4v) is 3.24. The van der Waals surface area contributed by atoms with Crippen LogP contribution in [0.2, 0.25) is 0 Å². The minimum atomic E-state index is -0.269. The quantitative estimate of drug-likeness (QED) is 0.845. The molecule has 0 spiro atoms. The topological polar surface area (TPSA) is 58.4 Å². The molecular weight excluding hydrogens is 245 g/mol. The van der Waals surface area contributed by atoms with Crippen LogP contribution in [0.1, 0.15) is 23.6 Å². The Labute approximate surface area is 111 Å². The first-order chi connectivity index (χ1) is 9.08. The highest BCUT2D eigenvalue weighted by molar-refractivity contribution is 6.00. The summed E-state index contributed by atoms with van der Waals surface area (Å²) in [4.78, 5) is 13.7. The van der Waals surface area contributed by atoms with Gasteiger partial charge in [-0.05, 0) is 49.2 Å². The SMILES string of the molecule is CN1CC(CN)CC1c1cc(F)cc2c1NC(=O)C2. The number of nitrogens with two attached hydrogens (primary N) is 1. The second-order valence-electron chi connectivity index (χ2n) is 5.55. The van der Waals surface area contributed by atoms with Gasteiger partial charge in [0.05, 0.1) is 6.42 Å². The summed E-state index contributed by atoms with van der Waals surface area (Å²) in [6.07, 6.45) is 1.19. The molecule has 0 aromatic heterocycles. The van der Waals surface area contributed by atoms with E-state index < -0.39 is 0 Å². The van der Waals surface area contributed by atoms with Crippen LogP contribution >= 0.6 is 0 Å². The number of nitrogens with zero attached hydrogens (tertiary/aromatic N) is 1. The number of likely N-dealkylation sites (tertiary alicyclic amines) is 1. The molecule has 2 atom stereocenters. The second kappa shape index (κ2) is 4.58. The average Bonchev–Trinajstić information content (AvgIpc) is 2.90. The van der Waals surface area contributed by atoms with Gasteiger partial charge in [0.25, 0.3) is 0 Å². The number of anilines is 1. The van der Waals surface area contributed by atoms with Crippen LogP contribution in [0.25, 0.3) is 0 Å². The van der Waals surface area contributed by atoms with Gasteiger partial charge in [-0.1, -0.05) is 0 Å². The number of rotatable bonds is 2. The summed E-state index contributed by atoms with van der Waals surface area (Å²) in [5.41, 5.74) is 8.19. The second-order valence-corrected chi connectivity index (χ2v) is 5.55. The number of fused-ring (bicyclic) bond motifs is 1. The van der Waals surface area contributed by atoms with E-state index in [1.807, 2.05) is 7.05 Å². The van der Waals surface area contributed by atoms with Gasteiger partial charge in [-0.15, -0.1) is 0 Å². The predicted octanol–water partition coefficient (Wildman–Crippen LogP) is 1.27. The molecular formula is C14H18FN3O. The zero-order valence-electron chi connectivity index (χ0n) is 10.9. The highest BCUT2D eigenvalue weighted by atomic mass is 19.1. The Bertz CT molecular complexity index is 532. The number of amides is 1. The molecule has 0 saturated carbocycles. The molecule has 1 amide bonds. The average molecular weight is 263 g/mol. The van der Waals surface area contributed by atoms with Gasteiger partial charge < -0.3 is 11.1 Å². The Morgan fingerprint density at radius 2 is 2.32 bits per heavy atom. The molecule has 1 saturated heterocycles. The van der Waals surface area contributed by atoms with Crippen molar-refractivity contribution in [3.05, 3.63) is 29.1 Å². The third-order valence-corrected chi connectivity index (χ3v) is 4.16. The monoisotopic (exact) mass is 263 g/mol. The van der Waals surface area contributed by atoms with Gasteiger partial charge in [-0.2, -0.15) is 0 Å². The Balaban J connectivity index is 2.00. The van der Waals surface area contributed by atoms with E-state index in [9.17, 15) is 9.18 Å². The van der Waals surface area contributed by atoms with Gasteiger partial charge >= 0.3 is 0 Å². The third kappa shape index (κ3) is 2.13. The Hall–Kier alpha value is -1.46. The first-order valence-corrected chi connectivity index (χ1v) is 6.61. The molecule has 19 heavy (non-hydrogen) atoms. The van der Waals surface area contributed by atoms with E-state index in [0.29, 0.717) is 12.5 Å². The maximum Gasteiger partial charge on any atom is 0.228 e. The maximum atomic E-state index is 13.7. The van der Waals surface area contributed by atoms with Crippen molar-refractivity contribution in [2.45, 2.75) is 18.9 Å². The molecule has 0 aliphatic carbocycles. The van der Waals surface area contributed by atoms with Crippen molar-refractivity contribution >= 4 is 11.6 Å². The summed E-state index contributed by atoms with van der Waals surface area (Å²) < 4.78 is 13.7. The van der Waals surface area contributed by atoms with Crippen LogP contribution in [-0.2, 0) is 11.2 Å². The Kier molecular flexibility index (Phi) is 3.03. The Morgan fingerprint density at radius 3 is 3.00 bits per heavy atom. The molecule has 0 bridgehead atoms. The van der Waals surface area contributed by atoms with E-state index in [0.717, 1.165) is 29.8 Å². The van der Waals surface area contributed by atoms with Crippen molar-refractivity contribution in [3.63, 3.8) is 0 Å². The van der Waals surface area contributed by atoms with Crippen molar-refractivity contribution in [1.29, 1.82) is 0 Å².